The van der Waals surface area contributed by atoms with Gasteiger partial charge in [0.1, 0.15) is 0 Å². The Labute approximate surface area is 150 Å². The van der Waals surface area contributed by atoms with Crippen molar-refractivity contribution in [3.05, 3.63) is 83.9 Å². The van der Waals surface area contributed by atoms with Crippen LogP contribution in [0.15, 0.2) is 72.8 Å². The molecular formula is C22H16AlCl. The molecule has 1 heterocycles. The molecule has 0 amide bonds. The predicted octanol–water partition coefficient (Wildman–Crippen LogP) is 6.07. The predicted molar refractivity (Wildman–Crippen MR) is 106 cm³/mol. The molecule has 1 aliphatic rings. The monoisotopic (exact) mass is 342 g/mol. The Bertz CT molecular complexity index is 996. The van der Waals surface area contributed by atoms with Crippen LogP contribution in [0.3, 0.4) is 0 Å². The Hall–Kier alpha value is -1.78. The number of rotatable bonds is 0. The topological polar surface area (TPSA) is 0 Å². The maximum Gasteiger partial charge on any atom is 0.408 e. The molecule has 0 spiro atoms. The van der Waals surface area contributed by atoms with E-state index in [-0.39, 0.29) is 0 Å². The number of hydrogen-bond acceptors (Lipinski definition) is 0. The van der Waals surface area contributed by atoms with Crippen LogP contribution in [0.2, 0.25) is 0 Å². The van der Waals surface area contributed by atoms with E-state index in [2.05, 4.69) is 72.8 Å². The molecule has 2 heteroatoms. The van der Waals surface area contributed by atoms with Gasteiger partial charge in [0.2, 0.25) is 0 Å². The van der Waals surface area contributed by atoms with E-state index in [0.29, 0.717) is 0 Å². The smallest absolute Gasteiger partial charge is 0.260 e. The fraction of sp³-hybridized carbons (Fsp3) is 0.0909. The van der Waals surface area contributed by atoms with Crippen LogP contribution in [0.5, 0.6) is 0 Å². The van der Waals surface area contributed by atoms with E-state index < -0.39 is 13.2 Å². The van der Waals surface area contributed by atoms with Gasteiger partial charge in [-0.3, -0.25) is 10.0 Å². The lowest BCUT2D eigenvalue weighted by molar-refractivity contribution is 1.35. The molecule has 0 saturated heterocycles. The lowest BCUT2D eigenvalue weighted by atomic mass is 9.88. The molecule has 1 aliphatic heterocycles. The van der Waals surface area contributed by atoms with Gasteiger partial charge >= 0.3 is 13.2 Å². The highest BCUT2D eigenvalue weighted by molar-refractivity contribution is 7.06. The third-order valence-corrected chi connectivity index (χ3v) is 7.85. The van der Waals surface area contributed by atoms with E-state index in [0.717, 1.165) is 10.6 Å². The van der Waals surface area contributed by atoms with Crippen molar-refractivity contribution in [2.45, 2.75) is 10.6 Å². The van der Waals surface area contributed by atoms with Crippen LogP contribution < -0.4 is 0 Å². The second kappa shape index (κ2) is 5.64. The molecular weight excluding hydrogens is 327 g/mol. The highest BCUT2D eigenvalue weighted by atomic mass is 35.6. The molecule has 4 aromatic rings. The third kappa shape index (κ3) is 2.20. The number of hydrogen-bond donors (Lipinski definition) is 0. The SMILES string of the molecule is [Cl][Al]1[CH2]c2ccc3ccccc3c2-c2c(ccc3ccccc23)[CH2]1. The summed E-state index contributed by atoms with van der Waals surface area (Å²) >= 11 is -1.30. The quantitative estimate of drug-likeness (QED) is 0.340. The van der Waals surface area contributed by atoms with Crippen molar-refractivity contribution in [1.29, 1.82) is 0 Å². The molecule has 0 saturated carbocycles. The number of halogens is 1. The molecule has 0 bridgehead atoms. The Morgan fingerprint density at radius 2 is 1.04 bits per heavy atom. The van der Waals surface area contributed by atoms with Gasteiger partial charge in [-0.2, -0.15) is 0 Å². The normalized spacial score (nSPS) is 13.6. The van der Waals surface area contributed by atoms with Crippen molar-refractivity contribution in [2.24, 2.45) is 0 Å². The van der Waals surface area contributed by atoms with E-state index in [4.69, 9.17) is 10.0 Å². The third-order valence-electron chi connectivity index (χ3n) is 5.16. The number of fused-ring (bicyclic) bond motifs is 7. The second-order valence-electron chi connectivity index (χ2n) is 6.65. The summed E-state index contributed by atoms with van der Waals surface area (Å²) in [4.78, 5) is 0. The summed E-state index contributed by atoms with van der Waals surface area (Å²) in [5, 5.41) is 7.45. The van der Waals surface area contributed by atoms with Crippen LogP contribution in [-0.4, -0.2) is 13.2 Å². The minimum Gasteiger partial charge on any atom is -0.260 e. The molecule has 0 aliphatic carbocycles. The minimum absolute atomic E-state index is 1.06. The zero-order valence-electron chi connectivity index (χ0n) is 13.3. The van der Waals surface area contributed by atoms with Crippen LogP contribution in [0.25, 0.3) is 32.7 Å². The lowest BCUT2D eigenvalue weighted by Crippen LogP contribution is -2.11. The Kier molecular flexibility index (Phi) is 3.42. The fourth-order valence-corrected chi connectivity index (χ4v) is 6.89. The van der Waals surface area contributed by atoms with E-state index in [9.17, 15) is 0 Å². The first-order chi connectivity index (χ1) is 11.8. The van der Waals surface area contributed by atoms with Crippen molar-refractivity contribution in [3.63, 3.8) is 0 Å². The average Bonchev–Trinajstić information content (AvgIpc) is 2.77. The molecule has 5 rings (SSSR count). The summed E-state index contributed by atoms with van der Waals surface area (Å²) in [5.41, 5.74) is 5.68. The van der Waals surface area contributed by atoms with Crippen molar-refractivity contribution >= 4 is 44.8 Å². The largest absolute Gasteiger partial charge is 0.408 e. The van der Waals surface area contributed by atoms with Crippen LogP contribution in [0, 0.1) is 0 Å². The van der Waals surface area contributed by atoms with Crippen molar-refractivity contribution < 1.29 is 0 Å². The van der Waals surface area contributed by atoms with Crippen molar-refractivity contribution in [2.75, 3.05) is 0 Å². The zero-order chi connectivity index (χ0) is 16.1. The molecule has 0 atom stereocenters. The van der Waals surface area contributed by atoms with Crippen LogP contribution in [-0.2, 0) is 10.6 Å². The Morgan fingerprint density at radius 3 is 1.54 bits per heavy atom. The van der Waals surface area contributed by atoms with E-state index in [1.165, 1.54) is 43.8 Å². The summed E-state index contributed by atoms with van der Waals surface area (Å²) in [6.45, 7) is 0. The maximum atomic E-state index is 6.82. The maximum absolute atomic E-state index is 6.82. The standard InChI is InChI=1S/C22H16.Al.ClH/c1-15-11-13-17-7-3-5-9-19(17)21(15)22-16(2)12-14-18-8-4-6-10-20(18)22;;/h3-14H,1-2H2;;1H/q;+1;/p-1. The summed E-state index contributed by atoms with van der Waals surface area (Å²) in [7, 11) is 6.82. The molecule has 114 valence electrons. The fourth-order valence-electron chi connectivity index (χ4n) is 4.11. The van der Waals surface area contributed by atoms with Crippen molar-refractivity contribution in [1.82, 2.24) is 0 Å². The Balaban J connectivity index is 2.00. The van der Waals surface area contributed by atoms with Gasteiger partial charge in [-0.15, -0.1) is 0 Å². The van der Waals surface area contributed by atoms with E-state index in [1.807, 2.05) is 0 Å². The van der Waals surface area contributed by atoms with Crippen molar-refractivity contribution in [3.8, 4) is 11.1 Å². The van der Waals surface area contributed by atoms with Gasteiger partial charge in [0, 0.05) is 0 Å². The summed E-state index contributed by atoms with van der Waals surface area (Å²) in [6.07, 6.45) is 0. The first-order valence-electron chi connectivity index (χ1n) is 8.47. The highest BCUT2D eigenvalue weighted by Gasteiger charge is 2.27. The summed E-state index contributed by atoms with van der Waals surface area (Å²) in [6, 6.07) is 26.6. The van der Waals surface area contributed by atoms with Crippen LogP contribution in [0.4, 0.5) is 0 Å². The first kappa shape index (κ1) is 14.6. The summed E-state index contributed by atoms with van der Waals surface area (Å²) < 4.78 is 0. The molecule has 4 aromatic carbocycles. The van der Waals surface area contributed by atoms with Gasteiger partial charge in [0.15, 0.2) is 0 Å². The molecule has 24 heavy (non-hydrogen) atoms. The Morgan fingerprint density at radius 1 is 0.583 bits per heavy atom. The molecule has 0 nitrogen and oxygen atoms in total. The molecule has 0 N–H and O–H groups in total. The molecule has 0 fully saturated rings. The molecule has 0 unspecified atom stereocenters. The van der Waals surface area contributed by atoms with Gasteiger partial charge in [-0.05, 0) is 32.7 Å². The van der Waals surface area contributed by atoms with Crippen LogP contribution >= 0.6 is 10.0 Å². The van der Waals surface area contributed by atoms with Gasteiger partial charge in [0.05, 0.1) is 0 Å². The second-order valence-corrected chi connectivity index (χ2v) is 10.5. The van der Waals surface area contributed by atoms with Gasteiger partial charge in [-0.25, -0.2) is 0 Å². The average molecular weight is 343 g/mol. The van der Waals surface area contributed by atoms with Gasteiger partial charge in [0.25, 0.3) is 0 Å². The lowest BCUT2D eigenvalue weighted by Gasteiger charge is -2.16. The number of benzene rings is 4. The first-order valence-corrected chi connectivity index (χ1v) is 11.8. The minimum atomic E-state index is -1.30. The van der Waals surface area contributed by atoms with E-state index >= 15 is 0 Å². The molecule has 0 radical (unpaired) electrons. The van der Waals surface area contributed by atoms with Crippen LogP contribution in [0.1, 0.15) is 11.1 Å². The van der Waals surface area contributed by atoms with Gasteiger partial charge in [-0.1, -0.05) is 94.5 Å². The summed E-state index contributed by atoms with van der Waals surface area (Å²) in [5.74, 6) is 0. The highest BCUT2D eigenvalue weighted by Crippen LogP contribution is 2.41. The molecule has 0 aromatic heterocycles. The van der Waals surface area contributed by atoms with E-state index in [1.54, 1.807) is 0 Å². The van der Waals surface area contributed by atoms with Gasteiger partial charge < -0.3 is 0 Å². The zero-order valence-corrected chi connectivity index (χ0v) is 15.2.